The first-order chi connectivity index (χ1) is 10.5. The molecule has 1 aliphatic rings. The lowest BCUT2D eigenvalue weighted by Gasteiger charge is -2.19. The molecule has 0 heterocycles. The number of para-hydroxylation sites is 1. The quantitative estimate of drug-likeness (QED) is 0.779. The topological polar surface area (TPSA) is 84.2 Å². The number of hydrogen-bond acceptors (Lipinski definition) is 3. The third kappa shape index (κ3) is 3.85. The van der Waals surface area contributed by atoms with Crippen LogP contribution in [0, 0.1) is 11.8 Å². The Morgan fingerprint density at radius 3 is 2.68 bits per heavy atom. The van der Waals surface area contributed by atoms with E-state index in [-0.39, 0.29) is 29.7 Å². The minimum atomic E-state index is -0.173. The van der Waals surface area contributed by atoms with Gasteiger partial charge in [0.15, 0.2) is 0 Å². The maximum absolute atomic E-state index is 12.5. The molecule has 0 unspecified atom stereocenters. The Balaban J connectivity index is 2.12. The van der Waals surface area contributed by atoms with Crippen LogP contribution < -0.4 is 16.4 Å². The summed E-state index contributed by atoms with van der Waals surface area (Å²) in [5.74, 6) is -0.00619. The van der Waals surface area contributed by atoms with Crippen LogP contribution in [0.2, 0.25) is 0 Å². The fourth-order valence-electron chi connectivity index (χ4n) is 3.02. The van der Waals surface area contributed by atoms with E-state index in [4.69, 9.17) is 5.73 Å². The third-order valence-electron chi connectivity index (χ3n) is 4.15. The monoisotopic (exact) mass is 303 g/mol. The lowest BCUT2D eigenvalue weighted by molar-refractivity contribution is -0.120. The van der Waals surface area contributed by atoms with E-state index in [9.17, 15) is 9.59 Å². The van der Waals surface area contributed by atoms with Crippen molar-refractivity contribution >= 4 is 17.5 Å². The summed E-state index contributed by atoms with van der Waals surface area (Å²) in [6, 6.07) is 7.15. The molecule has 1 aliphatic carbocycles. The van der Waals surface area contributed by atoms with Crippen molar-refractivity contribution in [3.05, 3.63) is 29.8 Å². The van der Waals surface area contributed by atoms with Gasteiger partial charge in [0.1, 0.15) is 0 Å². The van der Waals surface area contributed by atoms with Gasteiger partial charge in [-0.15, -0.1) is 0 Å². The minimum absolute atomic E-state index is 0.0299. The molecule has 0 radical (unpaired) electrons. The maximum Gasteiger partial charge on any atom is 0.253 e. The Morgan fingerprint density at radius 2 is 2.00 bits per heavy atom. The van der Waals surface area contributed by atoms with Gasteiger partial charge in [0.05, 0.1) is 11.3 Å². The highest BCUT2D eigenvalue weighted by molar-refractivity contribution is 6.04. The fourth-order valence-corrected chi connectivity index (χ4v) is 3.02. The molecule has 2 atom stereocenters. The smallest absolute Gasteiger partial charge is 0.253 e. The van der Waals surface area contributed by atoms with Gasteiger partial charge in [0, 0.05) is 12.0 Å². The van der Waals surface area contributed by atoms with Crippen molar-refractivity contribution in [1.29, 1.82) is 0 Å². The average Bonchev–Trinajstić information content (AvgIpc) is 2.95. The number of rotatable bonds is 5. The van der Waals surface area contributed by atoms with Gasteiger partial charge in [-0.05, 0) is 51.3 Å². The summed E-state index contributed by atoms with van der Waals surface area (Å²) in [6.45, 7) is 4.35. The molecule has 0 saturated heterocycles. The zero-order valence-electron chi connectivity index (χ0n) is 13.3. The molecule has 0 aromatic heterocycles. The first-order valence-electron chi connectivity index (χ1n) is 7.93. The van der Waals surface area contributed by atoms with E-state index < -0.39 is 0 Å². The van der Waals surface area contributed by atoms with Crippen LogP contribution in [0.3, 0.4) is 0 Å². The Morgan fingerprint density at radius 1 is 1.27 bits per heavy atom. The molecule has 22 heavy (non-hydrogen) atoms. The van der Waals surface area contributed by atoms with Gasteiger partial charge in [0.25, 0.3) is 5.91 Å². The highest BCUT2D eigenvalue weighted by Gasteiger charge is 2.32. The van der Waals surface area contributed by atoms with E-state index in [2.05, 4.69) is 10.6 Å². The predicted molar refractivity (Wildman–Crippen MR) is 87.6 cm³/mol. The van der Waals surface area contributed by atoms with E-state index in [1.165, 1.54) is 0 Å². The molecule has 4 N–H and O–H groups in total. The zero-order chi connectivity index (χ0) is 16.1. The molecular formula is C17H25N3O2. The summed E-state index contributed by atoms with van der Waals surface area (Å²) < 4.78 is 0. The number of carbonyl (C=O) groups excluding carboxylic acids is 2. The van der Waals surface area contributed by atoms with Crippen molar-refractivity contribution in [1.82, 2.24) is 5.32 Å². The van der Waals surface area contributed by atoms with Crippen LogP contribution in [0.4, 0.5) is 5.69 Å². The number of anilines is 1. The first kappa shape index (κ1) is 16.5. The van der Waals surface area contributed by atoms with Crippen molar-refractivity contribution < 1.29 is 9.59 Å². The molecule has 0 spiro atoms. The van der Waals surface area contributed by atoms with Crippen molar-refractivity contribution in [3.8, 4) is 0 Å². The summed E-state index contributed by atoms with van der Waals surface area (Å²) >= 11 is 0. The second-order valence-corrected chi connectivity index (χ2v) is 6.20. The highest BCUT2D eigenvalue weighted by atomic mass is 16.2. The minimum Gasteiger partial charge on any atom is -0.350 e. The van der Waals surface area contributed by atoms with E-state index in [1.807, 2.05) is 19.9 Å². The van der Waals surface area contributed by atoms with Crippen LogP contribution in [-0.4, -0.2) is 24.4 Å². The molecule has 1 aromatic rings. The molecule has 1 fully saturated rings. The molecule has 5 heteroatoms. The normalized spacial score (nSPS) is 20.9. The first-order valence-corrected chi connectivity index (χ1v) is 7.93. The molecule has 0 bridgehead atoms. The van der Waals surface area contributed by atoms with E-state index in [0.29, 0.717) is 17.8 Å². The largest absolute Gasteiger partial charge is 0.350 e. The van der Waals surface area contributed by atoms with E-state index in [1.54, 1.807) is 18.2 Å². The van der Waals surface area contributed by atoms with Crippen LogP contribution in [0.15, 0.2) is 24.3 Å². The van der Waals surface area contributed by atoms with Gasteiger partial charge >= 0.3 is 0 Å². The lowest BCUT2D eigenvalue weighted by atomic mass is 9.95. The third-order valence-corrected chi connectivity index (χ3v) is 4.15. The molecule has 2 rings (SSSR count). The van der Waals surface area contributed by atoms with Crippen molar-refractivity contribution in [3.63, 3.8) is 0 Å². The van der Waals surface area contributed by atoms with Crippen LogP contribution in [0.1, 0.15) is 43.5 Å². The zero-order valence-corrected chi connectivity index (χ0v) is 13.3. The maximum atomic E-state index is 12.5. The van der Waals surface area contributed by atoms with Gasteiger partial charge in [-0.2, -0.15) is 0 Å². The van der Waals surface area contributed by atoms with Crippen LogP contribution in [-0.2, 0) is 4.79 Å². The molecule has 2 amide bonds. The van der Waals surface area contributed by atoms with Gasteiger partial charge in [-0.3, -0.25) is 9.59 Å². The molecule has 1 saturated carbocycles. The van der Waals surface area contributed by atoms with Gasteiger partial charge < -0.3 is 16.4 Å². The summed E-state index contributed by atoms with van der Waals surface area (Å²) in [5.41, 5.74) is 6.80. The predicted octanol–water partition coefficient (Wildman–Crippen LogP) is 2.14. The van der Waals surface area contributed by atoms with E-state index >= 15 is 0 Å². The Bertz CT molecular complexity index is 542. The fraction of sp³-hybridized carbons (Fsp3) is 0.529. The summed E-state index contributed by atoms with van der Waals surface area (Å²) in [5, 5.41) is 5.77. The Hall–Kier alpha value is -1.88. The Labute approximate surface area is 131 Å². The van der Waals surface area contributed by atoms with Crippen molar-refractivity contribution in [2.75, 3.05) is 11.9 Å². The lowest BCUT2D eigenvalue weighted by Crippen LogP contribution is -2.33. The average molecular weight is 303 g/mol. The number of carbonyl (C=O) groups is 2. The van der Waals surface area contributed by atoms with Crippen LogP contribution in [0.25, 0.3) is 0 Å². The van der Waals surface area contributed by atoms with Gasteiger partial charge in [0.2, 0.25) is 5.91 Å². The summed E-state index contributed by atoms with van der Waals surface area (Å²) in [7, 11) is 0. The number of amides is 2. The van der Waals surface area contributed by atoms with Crippen molar-refractivity contribution in [2.45, 2.75) is 39.2 Å². The summed E-state index contributed by atoms with van der Waals surface area (Å²) in [4.78, 5) is 24.7. The van der Waals surface area contributed by atoms with Crippen LogP contribution >= 0.6 is 0 Å². The molecule has 120 valence electrons. The van der Waals surface area contributed by atoms with Gasteiger partial charge in [-0.1, -0.05) is 18.6 Å². The summed E-state index contributed by atoms with van der Waals surface area (Å²) in [6.07, 6.45) is 2.91. The second kappa shape index (κ2) is 7.40. The molecule has 5 nitrogen and oxygen atoms in total. The number of hydrogen-bond donors (Lipinski definition) is 3. The number of nitrogens with two attached hydrogens (primary N) is 1. The number of nitrogens with one attached hydrogen (secondary N) is 2. The van der Waals surface area contributed by atoms with Crippen molar-refractivity contribution in [2.24, 2.45) is 17.6 Å². The van der Waals surface area contributed by atoms with Crippen LogP contribution in [0.5, 0.6) is 0 Å². The number of benzene rings is 1. The van der Waals surface area contributed by atoms with Gasteiger partial charge in [-0.25, -0.2) is 0 Å². The second-order valence-electron chi connectivity index (χ2n) is 6.20. The SMILES string of the molecule is CC(C)NC(=O)c1ccccc1NC(=O)[C@@H]1CCC[C@@H]1CN. The Kier molecular flexibility index (Phi) is 5.55. The standard InChI is InChI=1S/C17H25N3O2/c1-11(2)19-17(22)14-7-3-4-9-15(14)20-16(21)13-8-5-6-12(13)10-18/h3-4,7,9,11-13H,5-6,8,10,18H2,1-2H3,(H,19,22)(H,20,21)/t12-,13-/m1/s1. The van der Waals surface area contributed by atoms with E-state index in [0.717, 1.165) is 19.3 Å². The highest BCUT2D eigenvalue weighted by Crippen LogP contribution is 2.32. The molecule has 0 aliphatic heterocycles. The molecule has 1 aromatic carbocycles. The molecular weight excluding hydrogens is 278 g/mol.